The second-order valence-electron chi connectivity index (χ2n) is 16.5. The highest BCUT2D eigenvalue weighted by molar-refractivity contribution is 5.99. The smallest absolute Gasteiger partial charge is 0.252 e. The zero-order valence-corrected chi connectivity index (χ0v) is 40.9. The molecular formula is C56H56F2N10O6. The number of anilines is 6. The van der Waals surface area contributed by atoms with Crippen LogP contribution in [0.15, 0.2) is 170 Å². The summed E-state index contributed by atoms with van der Waals surface area (Å²) in [6.45, 7) is 0. The molecule has 0 radical (unpaired) electrons. The van der Waals surface area contributed by atoms with Gasteiger partial charge in [-0.25, -0.2) is 18.7 Å². The van der Waals surface area contributed by atoms with Crippen LogP contribution in [0.1, 0.15) is 67.1 Å². The minimum absolute atomic E-state index is 0.0619. The van der Waals surface area contributed by atoms with E-state index in [2.05, 4.69) is 31.2 Å². The van der Waals surface area contributed by atoms with Gasteiger partial charge in [0.2, 0.25) is 0 Å². The lowest BCUT2D eigenvalue weighted by Crippen LogP contribution is -2.27. The van der Waals surface area contributed by atoms with E-state index < -0.39 is 47.6 Å². The molecule has 8 aromatic rings. The number of hydrogen-bond donors (Lipinski definition) is 8. The third-order valence-corrected chi connectivity index (χ3v) is 11.7. The molecule has 0 aliphatic carbocycles. The van der Waals surface area contributed by atoms with Crippen molar-refractivity contribution in [1.29, 1.82) is 0 Å². The number of nitrogens with one attached hydrogen (secondary N) is 4. The second kappa shape index (κ2) is 24.7. The molecule has 0 aliphatic heterocycles. The molecule has 380 valence electrons. The third kappa shape index (κ3) is 13.2. The van der Waals surface area contributed by atoms with Gasteiger partial charge in [0.1, 0.15) is 34.6 Å². The SMILES string of the molecule is COc1cc(Nc2nc(N[C@@H](c3ccccc3)[C@H](N)c3ccccc3)c(F)cc2C(N)=O)cc(OC)c1.COc1cc(Nc2nc(N[C@H](c3ccccc3)[C@@H](N)c3ccccc3)c(F)cc2C(N)=O)cc(OC)c1. The van der Waals surface area contributed by atoms with E-state index in [9.17, 15) is 9.59 Å². The Morgan fingerprint density at radius 1 is 0.432 bits per heavy atom. The van der Waals surface area contributed by atoms with Crippen LogP contribution in [0.5, 0.6) is 23.0 Å². The quantitative estimate of drug-likeness (QED) is 0.0354. The molecule has 2 heterocycles. The van der Waals surface area contributed by atoms with Gasteiger partial charge in [0, 0.05) is 47.8 Å². The first-order valence-electron chi connectivity index (χ1n) is 23.0. The van der Waals surface area contributed by atoms with E-state index in [0.717, 1.165) is 34.4 Å². The van der Waals surface area contributed by atoms with E-state index in [4.69, 9.17) is 41.9 Å². The van der Waals surface area contributed by atoms with Gasteiger partial charge in [-0.3, -0.25) is 9.59 Å². The maximum Gasteiger partial charge on any atom is 0.252 e. The van der Waals surface area contributed by atoms with Crippen LogP contribution >= 0.6 is 0 Å². The first kappa shape index (κ1) is 52.6. The van der Waals surface area contributed by atoms with Crippen LogP contribution in [0.2, 0.25) is 0 Å². The number of methoxy groups -OCH3 is 4. The number of nitrogens with zero attached hydrogens (tertiary/aromatic N) is 2. The number of rotatable bonds is 20. The van der Waals surface area contributed by atoms with Crippen LogP contribution in [0, 0.1) is 11.6 Å². The number of hydrogen-bond acceptors (Lipinski definition) is 14. The zero-order valence-electron chi connectivity index (χ0n) is 40.9. The van der Waals surface area contributed by atoms with Gasteiger partial charge < -0.3 is 63.1 Å². The van der Waals surface area contributed by atoms with Gasteiger partial charge in [-0.2, -0.15) is 0 Å². The van der Waals surface area contributed by atoms with E-state index in [-0.39, 0.29) is 34.4 Å². The average molecular weight is 1000 g/mol. The Morgan fingerprint density at radius 3 is 0.986 bits per heavy atom. The lowest BCUT2D eigenvalue weighted by atomic mass is 9.94. The number of primary amides is 2. The maximum absolute atomic E-state index is 15.3. The highest BCUT2D eigenvalue weighted by atomic mass is 19.1. The lowest BCUT2D eigenvalue weighted by molar-refractivity contribution is 0.0992. The molecule has 0 aliphatic rings. The molecule has 0 saturated carbocycles. The van der Waals surface area contributed by atoms with Crippen molar-refractivity contribution in [3.05, 3.63) is 215 Å². The summed E-state index contributed by atoms with van der Waals surface area (Å²) in [6, 6.07) is 48.0. The number of benzene rings is 6. The number of nitrogens with two attached hydrogens (primary N) is 4. The second-order valence-corrected chi connectivity index (χ2v) is 16.5. The van der Waals surface area contributed by atoms with Crippen LogP contribution < -0.4 is 63.1 Å². The van der Waals surface area contributed by atoms with E-state index >= 15 is 8.78 Å². The van der Waals surface area contributed by atoms with Gasteiger partial charge in [0.05, 0.1) is 63.7 Å². The molecule has 74 heavy (non-hydrogen) atoms. The largest absolute Gasteiger partial charge is 0.497 e. The first-order valence-corrected chi connectivity index (χ1v) is 23.0. The van der Waals surface area contributed by atoms with Crippen molar-refractivity contribution >= 4 is 46.5 Å². The van der Waals surface area contributed by atoms with E-state index in [1.807, 2.05) is 121 Å². The monoisotopic (exact) mass is 1000 g/mol. The number of halogens is 2. The van der Waals surface area contributed by atoms with Gasteiger partial charge >= 0.3 is 0 Å². The molecule has 2 amide bonds. The Kier molecular flexibility index (Phi) is 17.6. The molecule has 8 rings (SSSR count). The van der Waals surface area contributed by atoms with Crippen molar-refractivity contribution in [2.75, 3.05) is 49.7 Å². The van der Waals surface area contributed by atoms with E-state index in [0.29, 0.717) is 34.4 Å². The highest BCUT2D eigenvalue weighted by Gasteiger charge is 2.27. The number of ether oxygens (including phenoxy) is 4. The van der Waals surface area contributed by atoms with Crippen molar-refractivity contribution in [2.45, 2.75) is 24.2 Å². The zero-order chi connectivity index (χ0) is 52.7. The van der Waals surface area contributed by atoms with Gasteiger partial charge in [-0.1, -0.05) is 121 Å². The van der Waals surface area contributed by atoms with Crippen molar-refractivity contribution in [3.63, 3.8) is 0 Å². The molecular weight excluding hydrogens is 947 g/mol. The Labute approximate surface area is 427 Å². The average Bonchev–Trinajstić information content (AvgIpc) is 3.43. The number of carbonyl (C=O) groups excluding carboxylic acids is 2. The minimum Gasteiger partial charge on any atom is -0.497 e. The molecule has 0 unspecified atom stereocenters. The fraction of sp³-hybridized carbons (Fsp3) is 0.143. The summed E-state index contributed by atoms with van der Waals surface area (Å²) >= 11 is 0. The normalized spacial score (nSPS) is 12.3. The molecule has 0 spiro atoms. The summed E-state index contributed by atoms with van der Waals surface area (Å²) in [5.41, 5.74) is 28.5. The molecule has 4 atom stereocenters. The van der Waals surface area contributed by atoms with Crippen molar-refractivity contribution in [1.82, 2.24) is 9.97 Å². The van der Waals surface area contributed by atoms with Gasteiger partial charge in [0.25, 0.3) is 11.8 Å². The molecule has 2 aromatic heterocycles. The molecule has 0 saturated heterocycles. The topological polar surface area (TPSA) is 249 Å². The minimum atomic E-state index is -0.837. The van der Waals surface area contributed by atoms with Crippen LogP contribution in [-0.4, -0.2) is 50.2 Å². The number of amides is 2. The summed E-state index contributed by atoms with van der Waals surface area (Å²) < 4.78 is 51.8. The Bertz CT molecular complexity index is 2910. The summed E-state index contributed by atoms with van der Waals surface area (Å²) in [5, 5.41) is 12.4. The Hall–Kier alpha value is -9.26. The summed E-state index contributed by atoms with van der Waals surface area (Å²) in [6.07, 6.45) is 0. The van der Waals surface area contributed by atoms with Crippen LogP contribution in [-0.2, 0) is 0 Å². The fourth-order valence-corrected chi connectivity index (χ4v) is 7.89. The van der Waals surface area contributed by atoms with Crippen molar-refractivity contribution in [2.24, 2.45) is 22.9 Å². The molecule has 0 bridgehead atoms. The Morgan fingerprint density at radius 2 is 0.716 bits per heavy atom. The molecule has 12 N–H and O–H groups in total. The van der Waals surface area contributed by atoms with E-state index in [1.165, 1.54) is 28.4 Å². The molecule has 0 fully saturated rings. The number of carbonyl (C=O) groups is 2. The van der Waals surface area contributed by atoms with Crippen LogP contribution in [0.3, 0.4) is 0 Å². The summed E-state index contributed by atoms with van der Waals surface area (Å²) in [5.74, 6) is -1.17. The van der Waals surface area contributed by atoms with Crippen LogP contribution in [0.25, 0.3) is 0 Å². The molecule has 18 heteroatoms. The standard InChI is InChI=1S/2C28H28FN5O3/c2*1-36-20-13-19(14-21(15-20)37-2)32-27-22(26(31)35)16-23(29)28(34-27)33-25(18-11-7-4-8-12-18)24(30)17-9-5-3-6-10-17/h2*3-16,24-25H,30H2,1-2H3,(H2,31,35)(H2,32,33,34)/t2*24-,25+/m10/s1. The van der Waals surface area contributed by atoms with Gasteiger partial charge in [-0.05, 0) is 34.4 Å². The molecule has 16 nitrogen and oxygen atoms in total. The third-order valence-electron chi connectivity index (χ3n) is 11.7. The Balaban J connectivity index is 0.000000216. The summed E-state index contributed by atoms with van der Waals surface area (Å²) in [4.78, 5) is 33.1. The van der Waals surface area contributed by atoms with E-state index in [1.54, 1.807) is 36.4 Å². The lowest BCUT2D eigenvalue weighted by Gasteiger charge is -2.27. The van der Waals surface area contributed by atoms with Crippen molar-refractivity contribution in [3.8, 4) is 23.0 Å². The number of aromatic nitrogens is 2. The number of pyridine rings is 2. The molecule has 6 aromatic carbocycles. The van der Waals surface area contributed by atoms with Gasteiger partial charge in [0.15, 0.2) is 23.3 Å². The predicted octanol–water partition coefficient (Wildman–Crippen LogP) is 9.87. The van der Waals surface area contributed by atoms with Gasteiger partial charge in [-0.15, -0.1) is 0 Å². The van der Waals surface area contributed by atoms with Crippen molar-refractivity contribution < 1.29 is 37.3 Å². The first-order chi connectivity index (χ1) is 35.8. The fourth-order valence-electron chi connectivity index (χ4n) is 7.89. The maximum atomic E-state index is 15.3. The summed E-state index contributed by atoms with van der Waals surface area (Å²) in [7, 11) is 6.08. The van der Waals surface area contributed by atoms with Crippen LogP contribution in [0.4, 0.5) is 43.4 Å². The highest BCUT2D eigenvalue weighted by Crippen LogP contribution is 2.36. The predicted molar refractivity (Wildman–Crippen MR) is 283 cm³/mol.